The maximum Gasteiger partial charge on any atom is -0.0158 e. The molecule has 7 unspecified atom stereocenters. The van der Waals surface area contributed by atoms with E-state index in [-0.39, 0.29) is 0 Å². The lowest BCUT2D eigenvalue weighted by molar-refractivity contribution is 0.120. The van der Waals surface area contributed by atoms with Crippen LogP contribution < -0.4 is 0 Å². The summed E-state index contributed by atoms with van der Waals surface area (Å²) >= 11 is 0. The Morgan fingerprint density at radius 3 is 2.25 bits per heavy atom. The first-order valence-electron chi connectivity index (χ1n) is 8.74. The second-order valence-corrected chi connectivity index (χ2v) is 9.09. The van der Waals surface area contributed by atoms with Gasteiger partial charge in [-0.2, -0.15) is 0 Å². The van der Waals surface area contributed by atoms with Gasteiger partial charge in [0.15, 0.2) is 0 Å². The highest BCUT2D eigenvalue weighted by molar-refractivity contribution is 5.26. The zero-order chi connectivity index (χ0) is 14.2. The topological polar surface area (TPSA) is 0 Å². The highest BCUT2D eigenvalue weighted by Crippen LogP contribution is 2.71. The average Bonchev–Trinajstić information content (AvgIpc) is 2.73. The largest absolute Gasteiger partial charge is 0.0819 e. The Hall–Kier alpha value is -0.520. The molecule has 2 fully saturated rings. The Labute approximate surface area is 124 Å². The van der Waals surface area contributed by atoms with Gasteiger partial charge in [-0.1, -0.05) is 44.1 Å². The van der Waals surface area contributed by atoms with Gasteiger partial charge in [0.05, 0.1) is 0 Å². The molecule has 0 aromatic carbocycles. The van der Waals surface area contributed by atoms with Crippen molar-refractivity contribution in [2.24, 2.45) is 46.8 Å². The molecule has 2 saturated carbocycles. The molecule has 20 heavy (non-hydrogen) atoms. The summed E-state index contributed by atoms with van der Waals surface area (Å²) in [4.78, 5) is 0. The van der Waals surface area contributed by atoms with Crippen LogP contribution in [-0.4, -0.2) is 0 Å². The Morgan fingerprint density at radius 2 is 1.60 bits per heavy atom. The number of hydrogen-bond donors (Lipinski definition) is 0. The van der Waals surface area contributed by atoms with Crippen LogP contribution in [0.15, 0.2) is 23.3 Å². The standard InChI is InChI=1S/C20H30/c1-11-6-14-7-12(2)9-16-18(15(14)8-11)13(3)10-17-19(16)20(17,4)5/h8-9,13-19H,6-7,10H2,1-5H3. The van der Waals surface area contributed by atoms with E-state index in [0.29, 0.717) is 5.41 Å². The van der Waals surface area contributed by atoms with Crippen molar-refractivity contribution in [3.05, 3.63) is 23.3 Å². The number of hydrogen-bond acceptors (Lipinski definition) is 0. The Bertz CT molecular complexity index is 492. The first-order chi connectivity index (χ1) is 9.39. The Morgan fingerprint density at radius 1 is 1.00 bits per heavy atom. The van der Waals surface area contributed by atoms with Crippen molar-refractivity contribution in [3.8, 4) is 0 Å². The predicted octanol–water partition coefficient (Wildman–Crippen LogP) is 5.46. The zero-order valence-corrected chi connectivity index (χ0v) is 13.8. The summed E-state index contributed by atoms with van der Waals surface area (Å²) in [5.41, 5.74) is 3.96. The summed E-state index contributed by atoms with van der Waals surface area (Å²) in [6.45, 7) is 12.4. The van der Waals surface area contributed by atoms with Crippen LogP contribution in [0.5, 0.6) is 0 Å². The van der Waals surface area contributed by atoms with E-state index in [0.717, 1.165) is 41.4 Å². The Kier molecular flexibility index (Phi) is 2.65. The zero-order valence-electron chi connectivity index (χ0n) is 13.8. The predicted molar refractivity (Wildman–Crippen MR) is 85.3 cm³/mol. The van der Waals surface area contributed by atoms with Crippen LogP contribution in [0.3, 0.4) is 0 Å². The van der Waals surface area contributed by atoms with Crippen molar-refractivity contribution in [3.63, 3.8) is 0 Å². The maximum atomic E-state index is 2.72. The van der Waals surface area contributed by atoms with E-state index in [4.69, 9.17) is 0 Å². The lowest BCUT2D eigenvalue weighted by atomic mass is 9.65. The average molecular weight is 270 g/mol. The molecular weight excluding hydrogens is 240 g/mol. The highest BCUT2D eigenvalue weighted by Gasteiger charge is 2.65. The summed E-state index contributed by atoms with van der Waals surface area (Å²) in [6.07, 6.45) is 9.59. The summed E-state index contributed by atoms with van der Waals surface area (Å²) in [5.74, 6) is 6.49. The molecule has 0 aliphatic heterocycles. The second-order valence-electron chi connectivity index (χ2n) is 9.09. The lowest BCUT2D eigenvalue weighted by Gasteiger charge is -2.39. The third-order valence-corrected chi connectivity index (χ3v) is 7.39. The smallest absolute Gasteiger partial charge is 0.0158 e. The molecule has 0 nitrogen and oxygen atoms in total. The van der Waals surface area contributed by atoms with E-state index < -0.39 is 0 Å². The third-order valence-electron chi connectivity index (χ3n) is 7.39. The van der Waals surface area contributed by atoms with Crippen molar-refractivity contribution in [1.29, 1.82) is 0 Å². The minimum Gasteiger partial charge on any atom is -0.0819 e. The van der Waals surface area contributed by atoms with Gasteiger partial charge in [-0.25, -0.2) is 0 Å². The van der Waals surface area contributed by atoms with Crippen molar-refractivity contribution < 1.29 is 0 Å². The van der Waals surface area contributed by atoms with Crippen molar-refractivity contribution in [1.82, 2.24) is 0 Å². The van der Waals surface area contributed by atoms with E-state index in [1.165, 1.54) is 19.3 Å². The fourth-order valence-electron chi connectivity index (χ4n) is 6.55. The molecule has 110 valence electrons. The van der Waals surface area contributed by atoms with Crippen LogP contribution in [0.4, 0.5) is 0 Å². The van der Waals surface area contributed by atoms with E-state index in [1.54, 1.807) is 11.1 Å². The van der Waals surface area contributed by atoms with Gasteiger partial charge in [-0.15, -0.1) is 0 Å². The summed E-state index contributed by atoms with van der Waals surface area (Å²) in [5, 5.41) is 0. The minimum atomic E-state index is 0.613. The van der Waals surface area contributed by atoms with Gasteiger partial charge in [0.2, 0.25) is 0 Å². The molecule has 0 saturated heterocycles. The first kappa shape index (κ1) is 13.2. The number of fused-ring (bicyclic) bond motifs is 5. The number of rotatable bonds is 0. The second kappa shape index (κ2) is 4.02. The summed E-state index contributed by atoms with van der Waals surface area (Å²) < 4.78 is 0. The maximum absolute atomic E-state index is 2.72. The van der Waals surface area contributed by atoms with E-state index in [2.05, 4.69) is 46.8 Å². The molecule has 0 aromatic heterocycles. The SMILES string of the molecule is CC1=CC2C(C1)CC(C)=CC1C2C(C)CC2C1C2(C)C. The molecule has 0 heterocycles. The van der Waals surface area contributed by atoms with Crippen LogP contribution in [-0.2, 0) is 0 Å². The van der Waals surface area contributed by atoms with E-state index in [1.807, 2.05) is 0 Å². The van der Waals surface area contributed by atoms with Crippen molar-refractivity contribution in [2.45, 2.75) is 53.9 Å². The van der Waals surface area contributed by atoms with Crippen LogP contribution >= 0.6 is 0 Å². The summed E-state index contributed by atoms with van der Waals surface area (Å²) in [6, 6.07) is 0. The van der Waals surface area contributed by atoms with Crippen LogP contribution in [0, 0.1) is 46.8 Å². The minimum absolute atomic E-state index is 0.613. The third kappa shape index (κ3) is 1.66. The van der Waals surface area contributed by atoms with Gasteiger partial charge in [0.1, 0.15) is 0 Å². The quantitative estimate of drug-likeness (QED) is 0.512. The molecule has 4 aliphatic rings. The van der Waals surface area contributed by atoms with Gasteiger partial charge in [-0.3, -0.25) is 0 Å². The van der Waals surface area contributed by atoms with Crippen LogP contribution in [0.25, 0.3) is 0 Å². The van der Waals surface area contributed by atoms with Gasteiger partial charge in [0, 0.05) is 0 Å². The lowest BCUT2D eigenvalue weighted by Crippen LogP contribution is -2.34. The van der Waals surface area contributed by atoms with Gasteiger partial charge in [-0.05, 0) is 80.0 Å². The monoisotopic (exact) mass is 270 g/mol. The highest BCUT2D eigenvalue weighted by atomic mass is 14.7. The molecular formula is C20H30. The van der Waals surface area contributed by atoms with Gasteiger partial charge in [0.25, 0.3) is 0 Å². The van der Waals surface area contributed by atoms with Gasteiger partial charge >= 0.3 is 0 Å². The molecule has 0 spiro atoms. The molecule has 4 rings (SSSR count). The van der Waals surface area contributed by atoms with E-state index in [9.17, 15) is 0 Å². The molecule has 0 heteroatoms. The first-order valence-corrected chi connectivity index (χ1v) is 8.74. The molecule has 0 N–H and O–H groups in total. The number of allylic oxidation sites excluding steroid dienone is 4. The molecule has 0 radical (unpaired) electrons. The molecule has 0 bridgehead atoms. The van der Waals surface area contributed by atoms with Crippen molar-refractivity contribution in [2.75, 3.05) is 0 Å². The molecule has 0 amide bonds. The molecule has 7 atom stereocenters. The molecule has 4 aliphatic carbocycles. The Balaban J connectivity index is 1.75. The fourth-order valence-corrected chi connectivity index (χ4v) is 6.55. The van der Waals surface area contributed by atoms with Crippen LogP contribution in [0.2, 0.25) is 0 Å². The fraction of sp³-hybridized carbons (Fsp3) is 0.800. The molecule has 0 aromatic rings. The van der Waals surface area contributed by atoms with E-state index >= 15 is 0 Å². The van der Waals surface area contributed by atoms with Crippen molar-refractivity contribution >= 4 is 0 Å². The normalized spacial score (nSPS) is 52.1. The van der Waals surface area contributed by atoms with Crippen LogP contribution in [0.1, 0.15) is 53.9 Å². The van der Waals surface area contributed by atoms with Gasteiger partial charge < -0.3 is 0 Å². The summed E-state index contributed by atoms with van der Waals surface area (Å²) in [7, 11) is 0.